The Morgan fingerprint density at radius 2 is 1.94 bits per heavy atom. The first kappa shape index (κ1) is 25.0. The summed E-state index contributed by atoms with van der Waals surface area (Å²) in [6.07, 6.45) is 3.26. The molecule has 188 valence electrons. The molecule has 2 atom stereocenters. The fourth-order valence-electron chi connectivity index (χ4n) is 4.19. The lowest BCUT2D eigenvalue weighted by Gasteiger charge is -2.42. The smallest absolute Gasteiger partial charge is 0.161 e. The Labute approximate surface area is 204 Å². The van der Waals surface area contributed by atoms with Crippen molar-refractivity contribution in [3.8, 4) is 17.2 Å². The Morgan fingerprint density at radius 3 is 2.66 bits per heavy atom. The van der Waals surface area contributed by atoms with Crippen molar-refractivity contribution in [2.24, 2.45) is 0 Å². The maximum Gasteiger partial charge on any atom is 0.161 e. The van der Waals surface area contributed by atoms with E-state index in [0.717, 1.165) is 11.1 Å². The summed E-state index contributed by atoms with van der Waals surface area (Å²) >= 11 is 0. The lowest BCUT2D eigenvalue weighted by atomic mass is 9.90. The van der Waals surface area contributed by atoms with Crippen LogP contribution in [0.3, 0.4) is 0 Å². The number of methoxy groups -OCH3 is 1. The third-order valence-corrected chi connectivity index (χ3v) is 6.11. The highest BCUT2D eigenvalue weighted by atomic mass is 19.1. The predicted octanol–water partition coefficient (Wildman–Crippen LogP) is 2.79. The van der Waals surface area contributed by atoms with Gasteiger partial charge in [0.15, 0.2) is 11.5 Å². The second kappa shape index (κ2) is 11.1. The summed E-state index contributed by atoms with van der Waals surface area (Å²) in [6, 6.07) is 11.3. The third-order valence-electron chi connectivity index (χ3n) is 6.11. The van der Waals surface area contributed by atoms with Gasteiger partial charge >= 0.3 is 0 Å². The number of hydrogen-bond donors (Lipinski definition) is 2. The molecule has 35 heavy (non-hydrogen) atoms. The van der Waals surface area contributed by atoms with E-state index in [4.69, 9.17) is 14.2 Å². The van der Waals surface area contributed by atoms with Gasteiger partial charge in [-0.2, -0.15) is 5.10 Å². The molecule has 1 aliphatic heterocycles. The Hall–Kier alpha value is -3.14. The minimum atomic E-state index is -1.44. The van der Waals surface area contributed by atoms with Gasteiger partial charge in [-0.25, -0.2) is 4.39 Å². The van der Waals surface area contributed by atoms with Crippen LogP contribution in [-0.4, -0.2) is 70.0 Å². The predicted molar refractivity (Wildman–Crippen MR) is 128 cm³/mol. The van der Waals surface area contributed by atoms with Gasteiger partial charge in [0.25, 0.3) is 0 Å². The zero-order valence-corrected chi connectivity index (χ0v) is 20.1. The summed E-state index contributed by atoms with van der Waals surface area (Å²) in [4.78, 5) is 2.07. The average molecular weight is 486 g/mol. The molecule has 1 saturated heterocycles. The molecule has 0 radical (unpaired) electrons. The number of likely N-dealkylation sites (tertiary alicyclic amines) is 1. The number of nitrogens with zero attached hydrogens (tertiary/aromatic N) is 3. The van der Waals surface area contributed by atoms with E-state index in [9.17, 15) is 14.6 Å². The largest absolute Gasteiger partial charge is 0.493 e. The highest BCUT2D eigenvalue weighted by Gasteiger charge is 2.42. The topological polar surface area (TPSA) is 89.2 Å². The summed E-state index contributed by atoms with van der Waals surface area (Å²) in [6.45, 7) is 4.37. The van der Waals surface area contributed by atoms with Gasteiger partial charge in [-0.1, -0.05) is 6.07 Å². The Balaban J connectivity index is 1.37. The van der Waals surface area contributed by atoms with E-state index in [1.54, 1.807) is 7.11 Å². The zero-order valence-electron chi connectivity index (χ0n) is 20.1. The first-order chi connectivity index (χ1) is 16.8. The van der Waals surface area contributed by atoms with Crippen LogP contribution in [0.4, 0.5) is 4.39 Å². The number of β-amino-alcohol motifs (C(OH)–C–C–N with tert-alkyl or cyclic N) is 1. The number of rotatable bonds is 10. The van der Waals surface area contributed by atoms with Gasteiger partial charge in [0.1, 0.15) is 30.4 Å². The molecule has 0 aliphatic carbocycles. The number of hydrogen-bond acceptors (Lipinski definition) is 7. The fraction of sp³-hybridized carbons (Fsp3) is 0.423. The lowest BCUT2D eigenvalue weighted by Crippen LogP contribution is -2.59. The van der Waals surface area contributed by atoms with Gasteiger partial charge in [-0.15, -0.1) is 0 Å². The van der Waals surface area contributed by atoms with Crippen LogP contribution in [0.2, 0.25) is 0 Å². The number of aliphatic hydroxyl groups excluding tert-OH is 1. The minimum Gasteiger partial charge on any atom is -0.493 e. The van der Waals surface area contributed by atoms with E-state index in [1.165, 1.54) is 24.3 Å². The van der Waals surface area contributed by atoms with Crippen molar-refractivity contribution in [1.82, 2.24) is 14.7 Å². The van der Waals surface area contributed by atoms with Crippen molar-refractivity contribution in [2.45, 2.75) is 38.1 Å². The van der Waals surface area contributed by atoms with Crippen LogP contribution < -0.4 is 14.2 Å². The highest BCUT2D eigenvalue weighted by molar-refractivity contribution is 5.43. The molecule has 3 aromatic rings. The highest BCUT2D eigenvalue weighted by Crippen LogP contribution is 2.30. The molecular weight excluding hydrogens is 453 g/mol. The lowest BCUT2D eigenvalue weighted by molar-refractivity contribution is -0.140. The van der Waals surface area contributed by atoms with E-state index >= 15 is 0 Å². The normalized spacial score (nSPS) is 20.5. The summed E-state index contributed by atoms with van der Waals surface area (Å²) in [5.74, 6) is 1.36. The van der Waals surface area contributed by atoms with E-state index in [0.29, 0.717) is 49.9 Å². The molecule has 8 nitrogen and oxygen atoms in total. The van der Waals surface area contributed by atoms with Crippen molar-refractivity contribution in [3.63, 3.8) is 0 Å². The minimum absolute atomic E-state index is 0.0970. The summed E-state index contributed by atoms with van der Waals surface area (Å²) in [7, 11) is 1.60. The molecule has 2 aromatic carbocycles. The summed E-state index contributed by atoms with van der Waals surface area (Å²) in [5, 5.41) is 25.9. The first-order valence-electron chi connectivity index (χ1n) is 11.6. The van der Waals surface area contributed by atoms with E-state index < -0.39 is 11.7 Å². The first-order valence-corrected chi connectivity index (χ1v) is 11.6. The number of ether oxygens (including phenoxy) is 3. The second-order valence-electron chi connectivity index (χ2n) is 8.98. The summed E-state index contributed by atoms with van der Waals surface area (Å²) in [5.41, 5.74) is 0.647. The van der Waals surface area contributed by atoms with Crippen molar-refractivity contribution in [3.05, 3.63) is 71.8 Å². The molecule has 0 saturated carbocycles. The van der Waals surface area contributed by atoms with Gasteiger partial charge < -0.3 is 24.4 Å². The van der Waals surface area contributed by atoms with Gasteiger partial charge in [0.05, 0.1) is 26.0 Å². The number of piperidine rings is 1. The molecule has 4 rings (SSSR count). The maximum absolute atomic E-state index is 13.1. The zero-order chi connectivity index (χ0) is 24.8. The Kier molecular flexibility index (Phi) is 7.90. The van der Waals surface area contributed by atoms with Gasteiger partial charge in [-0.05, 0) is 60.9 Å². The molecule has 0 bridgehead atoms. The maximum atomic E-state index is 13.1. The molecule has 0 spiro atoms. The van der Waals surface area contributed by atoms with Crippen molar-refractivity contribution >= 4 is 0 Å². The van der Waals surface area contributed by atoms with Gasteiger partial charge in [0, 0.05) is 25.8 Å². The monoisotopic (exact) mass is 485 g/mol. The number of benzene rings is 2. The van der Waals surface area contributed by atoms with E-state index in [1.807, 2.05) is 42.2 Å². The SMILES string of the molecule is COc1ccc(CN2CC[C@H](O)[C@@](O)(COc3ccc(F)cc3)C2)cc1OCCn1cc(C)cn1. The molecule has 1 aromatic heterocycles. The van der Waals surface area contributed by atoms with Crippen LogP contribution >= 0.6 is 0 Å². The molecule has 0 amide bonds. The van der Waals surface area contributed by atoms with Crippen LogP contribution in [0, 0.1) is 12.7 Å². The van der Waals surface area contributed by atoms with Gasteiger partial charge in [0.2, 0.25) is 0 Å². The average Bonchev–Trinajstić information content (AvgIpc) is 3.26. The van der Waals surface area contributed by atoms with E-state index in [2.05, 4.69) is 10.00 Å². The third kappa shape index (κ3) is 6.50. The molecule has 1 aliphatic rings. The van der Waals surface area contributed by atoms with Crippen LogP contribution in [-0.2, 0) is 13.1 Å². The fourth-order valence-corrected chi connectivity index (χ4v) is 4.19. The quantitative estimate of drug-likeness (QED) is 0.457. The Morgan fingerprint density at radius 1 is 1.14 bits per heavy atom. The van der Waals surface area contributed by atoms with Crippen LogP contribution in [0.25, 0.3) is 0 Å². The molecular formula is C26H32FN3O5. The number of aryl methyl sites for hydroxylation is 1. The van der Waals surface area contributed by atoms with Gasteiger partial charge in [-0.3, -0.25) is 9.58 Å². The van der Waals surface area contributed by atoms with Crippen LogP contribution in [0.15, 0.2) is 54.9 Å². The molecule has 2 N–H and O–H groups in total. The molecule has 0 unspecified atom stereocenters. The molecule has 9 heteroatoms. The van der Waals surface area contributed by atoms with Crippen LogP contribution in [0.5, 0.6) is 17.2 Å². The van der Waals surface area contributed by atoms with Crippen molar-refractivity contribution in [1.29, 1.82) is 0 Å². The van der Waals surface area contributed by atoms with Crippen molar-refractivity contribution < 1.29 is 28.8 Å². The number of halogens is 1. The van der Waals surface area contributed by atoms with Crippen molar-refractivity contribution in [2.75, 3.05) is 33.4 Å². The molecule has 1 fully saturated rings. The van der Waals surface area contributed by atoms with Crippen LogP contribution in [0.1, 0.15) is 17.5 Å². The van der Waals surface area contributed by atoms with E-state index in [-0.39, 0.29) is 19.0 Å². The Bertz CT molecular complexity index is 1110. The molecule has 2 heterocycles. The number of aliphatic hydroxyl groups is 2. The number of aromatic nitrogens is 2. The summed E-state index contributed by atoms with van der Waals surface area (Å²) < 4.78 is 32.1. The standard InChI is InChI=1S/C26H32FN3O5/c1-19-14-28-30(15-19)11-12-34-24-13-20(3-8-23(24)33-2)16-29-10-9-25(31)26(32,17-29)18-35-22-6-4-21(27)5-7-22/h3-8,13-15,25,31-32H,9-12,16-18H2,1-2H3/t25-,26-/m0/s1. The second-order valence-corrected chi connectivity index (χ2v) is 8.98.